The van der Waals surface area contributed by atoms with Crippen LogP contribution in [-0.4, -0.2) is 11.7 Å². The minimum atomic E-state index is -5.02. The molecule has 5 aromatic rings. The molecule has 0 atom stereocenters. The van der Waals surface area contributed by atoms with Crippen molar-refractivity contribution in [3.8, 4) is 17.5 Å². The largest absolute Gasteiger partial charge is 0.497 e. The van der Waals surface area contributed by atoms with Gasteiger partial charge in [0.25, 0.3) is 0 Å². The van der Waals surface area contributed by atoms with Crippen LogP contribution in [0.25, 0.3) is 39.1 Å². The van der Waals surface area contributed by atoms with E-state index in [1.54, 1.807) is 31.4 Å². The topological polar surface area (TPSA) is 38.0 Å². The molecule has 0 N–H and O–H groups in total. The van der Waals surface area contributed by atoms with Gasteiger partial charge >= 0.3 is 12.4 Å². The number of benzene rings is 4. The molecule has 0 amide bonds. The van der Waals surface area contributed by atoms with Crippen LogP contribution >= 0.6 is 0 Å². The molecule has 0 aliphatic rings. The van der Waals surface area contributed by atoms with Crippen molar-refractivity contribution < 1.29 is 31.1 Å². The number of ether oxygens (including phenoxy) is 1. The molecule has 0 spiro atoms. The molecular weight excluding hydrogens is 518 g/mol. The second-order valence-electron chi connectivity index (χ2n) is 8.79. The number of rotatable bonds is 4. The Morgan fingerprint density at radius 2 is 1.38 bits per heavy atom. The molecule has 1 aromatic heterocycles. The Balaban J connectivity index is 1.67. The summed E-state index contributed by atoms with van der Waals surface area (Å²) in [6.45, 7) is 0. The second-order valence-corrected chi connectivity index (χ2v) is 8.79. The first kappa shape index (κ1) is 25.9. The van der Waals surface area contributed by atoms with E-state index in [0.717, 1.165) is 27.5 Å². The molecule has 0 bridgehead atoms. The van der Waals surface area contributed by atoms with Crippen LogP contribution in [0.5, 0.6) is 5.75 Å². The zero-order valence-electron chi connectivity index (χ0n) is 20.2. The minimum Gasteiger partial charge on any atom is -0.497 e. The average Bonchev–Trinajstić information content (AvgIpc) is 3.24. The van der Waals surface area contributed by atoms with Crippen LogP contribution in [0.4, 0.5) is 26.3 Å². The molecule has 0 aliphatic carbocycles. The number of aromatic nitrogens is 1. The lowest BCUT2D eigenvalue weighted by Gasteiger charge is -2.14. The number of hydrogen-bond donors (Lipinski definition) is 0. The van der Waals surface area contributed by atoms with Gasteiger partial charge in [-0.3, -0.25) is 0 Å². The predicted octanol–water partition coefficient (Wildman–Crippen LogP) is 8.89. The highest BCUT2D eigenvalue weighted by Crippen LogP contribution is 2.38. The molecule has 0 radical (unpaired) electrons. The first-order valence-electron chi connectivity index (χ1n) is 11.6. The first-order chi connectivity index (χ1) is 18.5. The van der Waals surface area contributed by atoms with E-state index in [2.05, 4.69) is 0 Å². The zero-order chi connectivity index (χ0) is 27.9. The van der Waals surface area contributed by atoms with Gasteiger partial charge in [-0.25, -0.2) is 0 Å². The highest BCUT2D eigenvalue weighted by Gasteiger charge is 2.37. The van der Waals surface area contributed by atoms with Crippen LogP contribution in [0.2, 0.25) is 0 Å². The Kier molecular flexibility index (Phi) is 6.35. The smallest absolute Gasteiger partial charge is 0.416 e. The van der Waals surface area contributed by atoms with Crippen LogP contribution in [0.15, 0.2) is 84.9 Å². The maximum absolute atomic E-state index is 13.4. The first-order valence-corrected chi connectivity index (χ1v) is 11.6. The lowest BCUT2D eigenvalue weighted by atomic mass is 9.97. The molecule has 196 valence electrons. The summed E-state index contributed by atoms with van der Waals surface area (Å²) in [7, 11) is 1.57. The van der Waals surface area contributed by atoms with E-state index in [0.29, 0.717) is 23.4 Å². The number of alkyl halides is 6. The van der Waals surface area contributed by atoms with Crippen molar-refractivity contribution in [3.63, 3.8) is 0 Å². The number of nitriles is 1. The lowest BCUT2D eigenvalue weighted by molar-refractivity contribution is -0.143. The van der Waals surface area contributed by atoms with Gasteiger partial charge < -0.3 is 9.30 Å². The monoisotopic (exact) mass is 536 g/mol. The predicted molar refractivity (Wildman–Crippen MR) is 137 cm³/mol. The number of nitrogens with zero attached hydrogens (tertiary/aromatic N) is 2. The van der Waals surface area contributed by atoms with Crippen LogP contribution in [0, 0.1) is 11.3 Å². The molecular formula is C30H18F6N2O. The third-order valence-electron chi connectivity index (χ3n) is 6.36. The quantitative estimate of drug-likeness (QED) is 0.131. The lowest BCUT2D eigenvalue weighted by Crippen LogP contribution is -2.11. The molecule has 0 aliphatic heterocycles. The molecule has 0 saturated carbocycles. The van der Waals surface area contributed by atoms with Crippen LogP contribution in [0.3, 0.4) is 0 Å². The number of fused-ring (bicyclic) bond motifs is 3. The van der Waals surface area contributed by atoms with Crippen molar-refractivity contribution >= 4 is 33.5 Å². The Labute approximate surface area is 218 Å². The van der Waals surface area contributed by atoms with Gasteiger partial charge in [0.2, 0.25) is 0 Å². The van der Waals surface area contributed by atoms with Crippen LogP contribution in [-0.2, 0) is 12.4 Å². The standard InChI is InChI=1S/C30H18F6N2O/c1-39-24-9-7-23(8-10-24)38-27-5-3-2-4-25(27)26-13-18(6-11-28(26)38)12-20(17-37)19-14-21(29(31,32)33)16-22(15-19)30(34,35)36/h2-16H,1H3/b20-12+. The summed E-state index contributed by atoms with van der Waals surface area (Å²) in [5.74, 6) is 0.694. The average molecular weight is 536 g/mol. The Morgan fingerprint density at radius 3 is 1.97 bits per heavy atom. The van der Waals surface area contributed by atoms with E-state index in [4.69, 9.17) is 4.74 Å². The molecule has 0 saturated heterocycles. The Morgan fingerprint density at radius 1 is 0.769 bits per heavy atom. The molecule has 39 heavy (non-hydrogen) atoms. The normalized spacial score (nSPS) is 12.6. The molecule has 5 rings (SSSR count). The van der Waals surface area contributed by atoms with E-state index in [-0.39, 0.29) is 11.6 Å². The molecule has 0 fully saturated rings. The van der Waals surface area contributed by atoms with Crippen molar-refractivity contribution in [2.75, 3.05) is 7.11 Å². The van der Waals surface area contributed by atoms with Crippen molar-refractivity contribution in [2.45, 2.75) is 12.4 Å². The SMILES string of the molecule is COc1ccc(-n2c3ccccc3c3cc(/C=C(\C#N)c4cc(C(F)(F)F)cc(C(F)(F)F)c4)ccc32)cc1. The van der Waals surface area contributed by atoms with Crippen LogP contribution < -0.4 is 4.74 Å². The van der Waals surface area contributed by atoms with Crippen molar-refractivity contribution in [1.29, 1.82) is 5.26 Å². The highest BCUT2D eigenvalue weighted by atomic mass is 19.4. The molecule has 0 unspecified atom stereocenters. The maximum Gasteiger partial charge on any atom is 0.416 e. The zero-order valence-corrected chi connectivity index (χ0v) is 20.2. The highest BCUT2D eigenvalue weighted by molar-refractivity contribution is 6.10. The van der Waals surface area contributed by atoms with E-state index >= 15 is 0 Å². The summed E-state index contributed by atoms with van der Waals surface area (Å²) >= 11 is 0. The van der Waals surface area contributed by atoms with Crippen molar-refractivity contribution in [1.82, 2.24) is 4.57 Å². The van der Waals surface area contributed by atoms with Gasteiger partial charge in [0.05, 0.1) is 40.9 Å². The van der Waals surface area contributed by atoms with E-state index < -0.39 is 29.0 Å². The molecule has 4 aromatic carbocycles. The molecule has 3 nitrogen and oxygen atoms in total. The van der Waals surface area contributed by atoms with Crippen LogP contribution in [0.1, 0.15) is 22.3 Å². The summed E-state index contributed by atoms with van der Waals surface area (Å²) < 4.78 is 87.4. The van der Waals surface area contributed by atoms with E-state index in [1.165, 1.54) is 6.08 Å². The van der Waals surface area contributed by atoms with Gasteiger partial charge in [0.15, 0.2) is 0 Å². The number of halogens is 6. The van der Waals surface area contributed by atoms with Gasteiger partial charge in [0, 0.05) is 16.5 Å². The number of para-hydroxylation sites is 1. The number of methoxy groups -OCH3 is 1. The van der Waals surface area contributed by atoms with Gasteiger partial charge in [-0.2, -0.15) is 31.6 Å². The Hall–Kier alpha value is -4.71. The third-order valence-corrected chi connectivity index (χ3v) is 6.36. The Bertz CT molecular complexity index is 1740. The number of hydrogen-bond acceptors (Lipinski definition) is 2. The summed E-state index contributed by atoms with van der Waals surface area (Å²) in [5, 5.41) is 11.4. The van der Waals surface area contributed by atoms with E-state index in [1.807, 2.05) is 53.1 Å². The van der Waals surface area contributed by atoms with Gasteiger partial charge in [-0.15, -0.1) is 0 Å². The second kappa shape index (κ2) is 9.55. The minimum absolute atomic E-state index is 0.0403. The summed E-state index contributed by atoms with van der Waals surface area (Å²) in [5.41, 5.74) is -0.722. The van der Waals surface area contributed by atoms with Gasteiger partial charge in [-0.05, 0) is 77.9 Å². The van der Waals surface area contributed by atoms with Gasteiger partial charge in [-0.1, -0.05) is 24.3 Å². The summed E-state index contributed by atoms with van der Waals surface area (Å²) in [4.78, 5) is 0. The fourth-order valence-electron chi connectivity index (χ4n) is 4.55. The van der Waals surface area contributed by atoms with Gasteiger partial charge in [0.1, 0.15) is 5.75 Å². The fourth-order valence-corrected chi connectivity index (χ4v) is 4.55. The number of allylic oxidation sites excluding steroid dienone is 1. The van der Waals surface area contributed by atoms with Crippen molar-refractivity contribution in [2.24, 2.45) is 0 Å². The summed E-state index contributed by atoms with van der Waals surface area (Å²) in [6.07, 6.45) is -8.74. The maximum atomic E-state index is 13.4. The molecule has 1 heterocycles. The molecule has 9 heteroatoms. The van der Waals surface area contributed by atoms with E-state index in [9.17, 15) is 31.6 Å². The fraction of sp³-hybridized carbons (Fsp3) is 0.100. The summed E-state index contributed by atoms with van der Waals surface area (Å²) in [6, 6.07) is 23.2. The van der Waals surface area contributed by atoms with Crippen molar-refractivity contribution in [3.05, 3.63) is 107 Å². The third kappa shape index (κ3) is 4.93.